The lowest BCUT2D eigenvalue weighted by molar-refractivity contribution is -0.148. The zero-order chi connectivity index (χ0) is 18.6. The Hall–Kier alpha value is -1.86. The van der Waals surface area contributed by atoms with Crippen LogP contribution in [-0.4, -0.2) is 52.0 Å². The summed E-state index contributed by atoms with van der Waals surface area (Å²) in [6.45, 7) is 4.94. The molecule has 2 aliphatic rings. The van der Waals surface area contributed by atoms with Gasteiger partial charge >= 0.3 is 12.1 Å². The molecule has 26 heavy (non-hydrogen) atoms. The fourth-order valence-corrected chi connectivity index (χ4v) is 4.76. The Morgan fingerprint density at radius 3 is 2.58 bits per heavy atom. The molecule has 1 spiro atoms. The standard InChI is InChI=1S/C19H27NO5Si/c1-3-23-17(21)16-11-19(9-15(10-19)25-26-2)13-20(16)18(22)24-12-14-7-5-4-6-8-14/h4-8,15-16H,3,9-13,26H2,1-2H3. The first kappa shape index (κ1) is 18.9. The minimum absolute atomic E-state index is 0.0303. The summed E-state index contributed by atoms with van der Waals surface area (Å²) >= 11 is 0. The fraction of sp³-hybridized carbons (Fsp3) is 0.579. The predicted octanol–water partition coefficient (Wildman–Crippen LogP) is 2.26. The minimum atomic E-state index is -0.557. The molecule has 0 aromatic heterocycles. The molecule has 0 bridgehead atoms. The Balaban J connectivity index is 1.64. The number of likely N-dealkylation sites (tertiary alicyclic amines) is 1. The van der Waals surface area contributed by atoms with Gasteiger partial charge in [0.05, 0.1) is 6.61 Å². The molecule has 2 fully saturated rings. The number of carbonyl (C=O) groups excluding carboxylic acids is 2. The van der Waals surface area contributed by atoms with Crippen LogP contribution in [0.5, 0.6) is 0 Å². The Bertz CT molecular complexity index is 632. The van der Waals surface area contributed by atoms with Gasteiger partial charge in [0.1, 0.15) is 12.6 Å². The van der Waals surface area contributed by atoms with Gasteiger partial charge in [0.15, 0.2) is 9.76 Å². The Morgan fingerprint density at radius 1 is 1.19 bits per heavy atom. The zero-order valence-electron chi connectivity index (χ0n) is 15.5. The second-order valence-electron chi connectivity index (χ2n) is 7.13. The largest absolute Gasteiger partial charge is 0.464 e. The Kier molecular flexibility index (Phi) is 5.98. The lowest BCUT2D eigenvalue weighted by Crippen LogP contribution is -2.45. The predicted molar refractivity (Wildman–Crippen MR) is 99.3 cm³/mol. The van der Waals surface area contributed by atoms with Crippen molar-refractivity contribution >= 4 is 21.8 Å². The number of hydrogen-bond donors (Lipinski definition) is 0. The quantitative estimate of drug-likeness (QED) is 0.562. The molecule has 0 N–H and O–H groups in total. The summed E-state index contributed by atoms with van der Waals surface area (Å²) < 4.78 is 16.5. The van der Waals surface area contributed by atoms with Gasteiger partial charge in [-0.05, 0) is 37.2 Å². The van der Waals surface area contributed by atoms with E-state index >= 15 is 0 Å². The normalized spacial score (nSPS) is 27.7. The van der Waals surface area contributed by atoms with Crippen LogP contribution in [0.4, 0.5) is 4.79 Å². The molecule has 1 heterocycles. The average Bonchev–Trinajstić information content (AvgIpc) is 3.02. The molecule has 0 radical (unpaired) electrons. The number of esters is 1. The number of benzene rings is 1. The van der Waals surface area contributed by atoms with Crippen molar-refractivity contribution in [3.63, 3.8) is 0 Å². The Morgan fingerprint density at radius 2 is 1.92 bits per heavy atom. The molecule has 1 amide bonds. The van der Waals surface area contributed by atoms with E-state index in [2.05, 4.69) is 6.55 Å². The molecule has 1 unspecified atom stereocenters. The molecule has 7 heteroatoms. The van der Waals surface area contributed by atoms with Crippen LogP contribution in [0.15, 0.2) is 30.3 Å². The van der Waals surface area contributed by atoms with Crippen LogP contribution in [0.1, 0.15) is 31.7 Å². The topological polar surface area (TPSA) is 65.1 Å². The molecule has 1 atom stereocenters. The maximum absolute atomic E-state index is 12.6. The van der Waals surface area contributed by atoms with E-state index in [1.165, 1.54) is 0 Å². The number of carbonyl (C=O) groups is 2. The first-order valence-electron chi connectivity index (χ1n) is 9.32. The maximum atomic E-state index is 12.6. The number of ether oxygens (including phenoxy) is 2. The zero-order valence-corrected chi connectivity index (χ0v) is 16.9. The molecular weight excluding hydrogens is 350 g/mol. The number of rotatable bonds is 6. The van der Waals surface area contributed by atoms with Gasteiger partial charge in [0.25, 0.3) is 0 Å². The second kappa shape index (κ2) is 8.22. The van der Waals surface area contributed by atoms with Gasteiger partial charge in [-0.25, -0.2) is 9.59 Å². The highest BCUT2D eigenvalue weighted by Crippen LogP contribution is 2.51. The van der Waals surface area contributed by atoms with E-state index in [9.17, 15) is 9.59 Å². The van der Waals surface area contributed by atoms with Crippen molar-refractivity contribution in [3.05, 3.63) is 35.9 Å². The van der Waals surface area contributed by atoms with E-state index in [4.69, 9.17) is 13.9 Å². The maximum Gasteiger partial charge on any atom is 0.410 e. The van der Waals surface area contributed by atoms with Gasteiger partial charge in [0.2, 0.25) is 0 Å². The fourth-order valence-electron chi connectivity index (χ4n) is 4.05. The first-order valence-corrected chi connectivity index (χ1v) is 11.3. The molecule has 1 saturated carbocycles. The molecule has 1 aromatic rings. The van der Waals surface area contributed by atoms with Crippen molar-refractivity contribution < 1.29 is 23.5 Å². The van der Waals surface area contributed by atoms with Gasteiger partial charge < -0.3 is 13.9 Å². The van der Waals surface area contributed by atoms with Crippen molar-refractivity contribution in [1.82, 2.24) is 4.90 Å². The van der Waals surface area contributed by atoms with Crippen LogP contribution >= 0.6 is 0 Å². The number of amides is 1. The van der Waals surface area contributed by atoms with Crippen LogP contribution in [-0.2, 0) is 25.3 Å². The van der Waals surface area contributed by atoms with E-state index in [0.717, 1.165) is 18.4 Å². The van der Waals surface area contributed by atoms with Crippen LogP contribution in [0.3, 0.4) is 0 Å². The van der Waals surface area contributed by atoms with E-state index in [1.807, 2.05) is 30.3 Å². The van der Waals surface area contributed by atoms with Crippen molar-refractivity contribution in [1.29, 1.82) is 0 Å². The third kappa shape index (κ3) is 4.10. The average molecular weight is 378 g/mol. The SMILES string of the molecule is CCOC(=O)C1CC2(CC(O[SiH2]C)C2)CN1C(=O)OCc1ccccc1. The number of nitrogens with zero attached hydrogens (tertiary/aromatic N) is 1. The number of hydrogen-bond acceptors (Lipinski definition) is 5. The van der Waals surface area contributed by atoms with Crippen molar-refractivity contribution in [2.24, 2.45) is 5.41 Å². The smallest absolute Gasteiger partial charge is 0.410 e. The first-order chi connectivity index (χ1) is 12.6. The lowest BCUT2D eigenvalue weighted by atomic mass is 9.65. The van der Waals surface area contributed by atoms with Crippen LogP contribution in [0.2, 0.25) is 6.55 Å². The monoisotopic (exact) mass is 377 g/mol. The summed E-state index contributed by atoms with van der Waals surface area (Å²) in [5.74, 6) is -0.338. The highest BCUT2D eigenvalue weighted by Gasteiger charge is 2.56. The summed E-state index contributed by atoms with van der Waals surface area (Å²) in [4.78, 5) is 26.6. The van der Waals surface area contributed by atoms with Crippen LogP contribution in [0, 0.1) is 5.41 Å². The summed E-state index contributed by atoms with van der Waals surface area (Å²) in [6, 6.07) is 8.98. The summed E-state index contributed by atoms with van der Waals surface area (Å²) in [5.41, 5.74) is 0.893. The summed E-state index contributed by atoms with van der Waals surface area (Å²) in [5, 5.41) is 0. The highest BCUT2D eigenvalue weighted by atomic mass is 28.2. The van der Waals surface area contributed by atoms with Gasteiger partial charge in [0, 0.05) is 12.6 Å². The third-order valence-electron chi connectivity index (χ3n) is 5.23. The molecule has 3 rings (SSSR count). The molecule has 1 aromatic carbocycles. The molecule has 142 valence electrons. The van der Waals surface area contributed by atoms with Gasteiger partial charge in [-0.2, -0.15) is 0 Å². The minimum Gasteiger partial charge on any atom is -0.464 e. The summed E-state index contributed by atoms with van der Waals surface area (Å²) in [6.07, 6.45) is 2.29. The molecule has 6 nitrogen and oxygen atoms in total. The van der Waals surface area contributed by atoms with E-state index < -0.39 is 21.9 Å². The van der Waals surface area contributed by atoms with Crippen molar-refractivity contribution in [2.75, 3.05) is 13.2 Å². The van der Waals surface area contributed by atoms with Gasteiger partial charge in [-0.1, -0.05) is 36.9 Å². The lowest BCUT2D eigenvalue weighted by Gasteiger charge is -2.44. The van der Waals surface area contributed by atoms with E-state index in [-0.39, 0.29) is 24.1 Å². The van der Waals surface area contributed by atoms with Crippen LogP contribution in [0.25, 0.3) is 0 Å². The van der Waals surface area contributed by atoms with Crippen LogP contribution < -0.4 is 0 Å². The van der Waals surface area contributed by atoms with E-state index in [1.54, 1.807) is 11.8 Å². The second-order valence-corrected chi connectivity index (χ2v) is 8.04. The third-order valence-corrected chi connectivity index (χ3v) is 6.04. The molecule has 1 aliphatic heterocycles. The highest BCUT2D eigenvalue weighted by molar-refractivity contribution is 6.24. The summed E-state index contributed by atoms with van der Waals surface area (Å²) in [7, 11) is -0.437. The molecule has 1 saturated heterocycles. The van der Waals surface area contributed by atoms with Crippen molar-refractivity contribution in [3.8, 4) is 0 Å². The van der Waals surface area contributed by atoms with E-state index in [0.29, 0.717) is 19.6 Å². The molecule has 1 aliphatic carbocycles. The van der Waals surface area contributed by atoms with Gasteiger partial charge in [-0.15, -0.1) is 0 Å². The molecular formula is C19H27NO5Si. The Labute approximate surface area is 156 Å². The van der Waals surface area contributed by atoms with Crippen molar-refractivity contribution in [2.45, 2.75) is 51.5 Å². The van der Waals surface area contributed by atoms with Gasteiger partial charge in [-0.3, -0.25) is 4.90 Å².